The van der Waals surface area contributed by atoms with E-state index < -0.39 is 0 Å². The van der Waals surface area contributed by atoms with E-state index in [1.807, 2.05) is 47.0 Å². The van der Waals surface area contributed by atoms with E-state index in [4.69, 9.17) is 26.1 Å². The number of rotatable bonds is 7. The standard InChI is InChI=1S/C20H17ClN4O2S2/c1-26-17-7-6-13(8-18(17)27-2)19-23-15(10-28-19)11-29-20-24-22-12-25(20)16-5-3-4-14(21)9-16/h3-10,12H,11H2,1-2H3. The molecular weight excluding hydrogens is 428 g/mol. The van der Waals surface area contributed by atoms with Crippen molar-refractivity contribution >= 4 is 34.7 Å². The summed E-state index contributed by atoms with van der Waals surface area (Å²) in [6.45, 7) is 0. The largest absolute Gasteiger partial charge is 0.493 e. The van der Waals surface area contributed by atoms with E-state index in [-0.39, 0.29) is 0 Å². The first kappa shape index (κ1) is 19.8. The Hall–Kier alpha value is -2.55. The van der Waals surface area contributed by atoms with E-state index in [0.29, 0.717) is 22.3 Å². The zero-order valence-corrected chi connectivity index (χ0v) is 18.1. The predicted molar refractivity (Wildman–Crippen MR) is 117 cm³/mol. The molecule has 148 valence electrons. The zero-order valence-electron chi connectivity index (χ0n) is 15.7. The summed E-state index contributed by atoms with van der Waals surface area (Å²) in [5.74, 6) is 2.07. The molecule has 0 unspecified atom stereocenters. The van der Waals surface area contributed by atoms with Crippen LogP contribution in [0.2, 0.25) is 5.02 Å². The molecule has 0 aliphatic carbocycles. The van der Waals surface area contributed by atoms with E-state index in [0.717, 1.165) is 27.1 Å². The van der Waals surface area contributed by atoms with Crippen LogP contribution in [0.3, 0.4) is 0 Å². The maximum absolute atomic E-state index is 6.10. The van der Waals surface area contributed by atoms with Gasteiger partial charge in [-0.25, -0.2) is 4.98 Å². The minimum atomic E-state index is 0.672. The van der Waals surface area contributed by atoms with Crippen LogP contribution in [0.5, 0.6) is 11.5 Å². The summed E-state index contributed by atoms with van der Waals surface area (Å²) >= 11 is 9.27. The molecule has 0 radical (unpaired) electrons. The van der Waals surface area contributed by atoms with Crippen LogP contribution in [-0.4, -0.2) is 34.0 Å². The van der Waals surface area contributed by atoms with Gasteiger partial charge in [0.25, 0.3) is 0 Å². The summed E-state index contributed by atoms with van der Waals surface area (Å²) in [5.41, 5.74) is 2.89. The van der Waals surface area contributed by atoms with Gasteiger partial charge in [0, 0.05) is 21.7 Å². The molecule has 0 aliphatic heterocycles. The van der Waals surface area contributed by atoms with Gasteiger partial charge in [0.2, 0.25) is 0 Å². The van der Waals surface area contributed by atoms with Gasteiger partial charge in [-0.15, -0.1) is 21.5 Å². The van der Waals surface area contributed by atoms with Gasteiger partial charge in [-0.2, -0.15) is 0 Å². The van der Waals surface area contributed by atoms with Crippen LogP contribution in [0.25, 0.3) is 16.3 Å². The minimum Gasteiger partial charge on any atom is -0.493 e. The number of benzene rings is 2. The molecule has 0 amide bonds. The quantitative estimate of drug-likeness (QED) is 0.358. The second-order valence-corrected chi connectivity index (χ2v) is 8.20. The second-order valence-electron chi connectivity index (χ2n) is 5.97. The molecule has 9 heteroatoms. The van der Waals surface area contributed by atoms with E-state index in [2.05, 4.69) is 15.6 Å². The Morgan fingerprint density at radius 3 is 2.76 bits per heavy atom. The van der Waals surface area contributed by atoms with Crippen LogP contribution in [-0.2, 0) is 5.75 Å². The van der Waals surface area contributed by atoms with E-state index in [9.17, 15) is 0 Å². The number of halogens is 1. The highest BCUT2D eigenvalue weighted by molar-refractivity contribution is 7.98. The fourth-order valence-corrected chi connectivity index (χ4v) is 4.67. The number of aromatic nitrogens is 4. The summed E-state index contributed by atoms with van der Waals surface area (Å²) < 4.78 is 12.6. The molecule has 0 N–H and O–H groups in total. The molecule has 0 atom stereocenters. The molecule has 4 rings (SSSR count). The molecule has 2 heterocycles. The fraction of sp³-hybridized carbons (Fsp3) is 0.150. The number of thioether (sulfide) groups is 1. The highest BCUT2D eigenvalue weighted by atomic mass is 35.5. The third-order valence-corrected chi connectivity index (χ3v) is 6.29. The molecule has 2 aromatic carbocycles. The molecule has 0 saturated carbocycles. The third-order valence-electron chi connectivity index (χ3n) is 4.13. The van der Waals surface area contributed by atoms with Crippen molar-refractivity contribution < 1.29 is 9.47 Å². The number of hydrogen-bond acceptors (Lipinski definition) is 7. The lowest BCUT2D eigenvalue weighted by Gasteiger charge is -2.08. The summed E-state index contributed by atoms with van der Waals surface area (Å²) in [4.78, 5) is 4.75. The van der Waals surface area contributed by atoms with Crippen LogP contribution in [0.4, 0.5) is 0 Å². The summed E-state index contributed by atoms with van der Waals surface area (Å²) in [5, 5.41) is 12.7. The first-order valence-corrected chi connectivity index (χ1v) is 10.9. The lowest BCUT2D eigenvalue weighted by Crippen LogP contribution is -1.95. The van der Waals surface area contributed by atoms with Crippen molar-refractivity contribution in [2.24, 2.45) is 0 Å². The SMILES string of the molecule is COc1ccc(-c2nc(CSc3nncn3-c3cccc(Cl)c3)cs2)cc1OC. The Kier molecular flexibility index (Phi) is 6.03. The highest BCUT2D eigenvalue weighted by Gasteiger charge is 2.12. The summed E-state index contributed by atoms with van der Waals surface area (Å²) in [7, 11) is 3.25. The first-order valence-electron chi connectivity index (χ1n) is 8.63. The molecule has 2 aromatic heterocycles. The molecule has 0 spiro atoms. The molecule has 0 aliphatic rings. The van der Waals surface area contributed by atoms with Gasteiger partial charge >= 0.3 is 0 Å². The summed E-state index contributed by atoms with van der Waals surface area (Å²) in [6.07, 6.45) is 1.68. The van der Waals surface area contributed by atoms with Gasteiger partial charge in [-0.3, -0.25) is 4.57 Å². The second kappa shape index (κ2) is 8.86. The third kappa shape index (κ3) is 4.39. The van der Waals surface area contributed by atoms with Crippen LogP contribution in [0.1, 0.15) is 5.69 Å². The molecular formula is C20H17ClN4O2S2. The van der Waals surface area contributed by atoms with E-state index in [1.165, 1.54) is 0 Å². The highest BCUT2D eigenvalue weighted by Crippen LogP contribution is 2.34. The van der Waals surface area contributed by atoms with E-state index >= 15 is 0 Å². The van der Waals surface area contributed by atoms with Crippen LogP contribution in [0, 0.1) is 0 Å². The maximum Gasteiger partial charge on any atom is 0.195 e. The van der Waals surface area contributed by atoms with Crippen molar-refractivity contribution in [2.75, 3.05) is 14.2 Å². The Bertz CT molecular complexity index is 1130. The van der Waals surface area contributed by atoms with Gasteiger partial charge < -0.3 is 9.47 Å². The smallest absolute Gasteiger partial charge is 0.195 e. The van der Waals surface area contributed by atoms with Gasteiger partial charge in [0.15, 0.2) is 16.7 Å². The minimum absolute atomic E-state index is 0.672. The average Bonchev–Trinajstić information content (AvgIpc) is 3.41. The average molecular weight is 445 g/mol. The zero-order chi connectivity index (χ0) is 20.2. The molecule has 0 bridgehead atoms. The van der Waals surface area contributed by atoms with Crippen molar-refractivity contribution in [3.8, 4) is 27.8 Å². The Morgan fingerprint density at radius 1 is 1.10 bits per heavy atom. The number of hydrogen-bond donors (Lipinski definition) is 0. The van der Waals surface area contributed by atoms with E-state index in [1.54, 1.807) is 43.6 Å². The molecule has 29 heavy (non-hydrogen) atoms. The normalized spacial score (nSPS) is 10.9. The number of methoxy groups -OCH3 is 2. The van der Waals surface area contributed by atoms with Gasteiger partial charge in [0.05, 0.1) is 25.6 Å². The fourth-order valence-electron chi connectivity index (χ4n) is 2.74. The lowest BCUT2D eigenvalue weighted by atomic mass is 10.2. The van der Waals surface area contributed by atoms with Gasteiger partial charge in [0.1, 0.15) is 11.3 Å². The number of nitrogens with zero attached hydrogens (tertiary/aromatic N) is 4. The van der Waals surface area contributed by atoms with Crippen molar-refractivity contribution in [2.45, 2.75) is 10.9 Å². The van der Waals surface area contributed by atoms with Crippen molar-refractivity contribution in [3.63, 3.8) is 0 Å². The van der Waals surface area contributed by atoms with Gasteiger partial charge in [-0.05, 0) is 36.4 Å². The predicted octanol–water partition coefficient (Wildman–Crippen LogP) is 5.35. The topological polar surface area (TPSA) is 62.1 Å². The Balaban J connectivity index is 1.49. The molecule has 0 saturated heterocycles. The van der Waals surface area contributed by atoms with Gasteiger partial charge in [-0.1, -0.05) is 29.4 Å². The number of thiazole rings is 1. The molecule has 0 fully saturated rings. The Labute approximate surface area is 181 Å². The summed E-state index contributed by atoms with van der Waals surface area (Å²) in [6, 6.07) is 13.4. The van der Waals surface area contributed by atoms with Crippen molar-refractivity contribution in [1.29, 1.82) is 0 Å². The van der Waals surface area contributed by atoms with Crippen LogP contribution >= 0.6 is 34.7 Å². The molecule has 6 nitrogen and oxygen atoms in total. The maximum atomic E-state index is 6.10. The molecule has 4 aromatic rings. The van der Waals surface area contributed by atoms with Crippen LogP contribution in [0.15, 0.2) is 59.3 Å². The Morgan fingerprint density at radius 2 is 1.97 bits per heavy atom. The monoisotopic (exact) mass is 444 g/mol. The van der Waals surface area contributed by atoms with Crippen molar-refractivity contribution in [3.05, 3.63) is 64.9 Å². The first-order chi connectivity index (χ1) is 14.2. The van der Waals surface area contributed by atoms with Crippen molar-refractivity contribution in [1.82, 2.24) is 19.7 Å². The van der Waals surface area contributed by atoms with Crippen LogP contribution < -0.4 is 9.47 Å². The number of ether oxygens (including phenoxy) is 2. The lowest BCUT2D eigenvalue weighted by molar-refractivity contribution is 0.355.